The Morgan fingerprint density at radius 3 is 2.60 bits per heavy atom. The smallest absolute Gasteiger partial charge is 0.244 e. The van der Waals surface area contributed by atoms with Crippen LogP contribution in [0, 0.1) is 5.92 Å². The van der Waals surface area contributed by atoms with Crippen LogP contribution in [0.3, 0.4) is 0 Å². The van der Waals surface area contributed by atoms with Gasteiger partial charge in [0, 0.05) is 38.2 Å². The predicted octanol–water partition coefficient (Wildman–Crippen LogP) is 2.41. The number of imidazole rings is 1. The number of hydrogen-bond donors (Lipinski definition) is 3. The van der Waals surface area contributed by atoms with Gasteiger partial charge in [0.05, 0.1) is 30.9 Å². The summed E-state index contributed by atoms with van der Waals surface area (Å²) < 4.78 is 5.27. The predicted molar refractivity (Wildman–Crippen MR) is 159 cm³/mol. The van der Waals surface area contributed by atoms with Crippen molar-refractivity contribution in [2.24, 2.45) is 11.7 Å². The molecule has 11 nitrogen and oxygen atoms in total. The molecule has 2 aliphatic rings. The standard InChI is InChI=1S/C31H37N7O4/c1-19(14-28(39)37-12-4-5-13-37)29(32)31(41)38-18-22(20(2)21-6-8-23(42-3)9-7-21)15-26(38)30(40)34-17-27-35-24-10-11-33-16-25(24)36-27/h6-11,16,22,26,29H,1-2,4-5,12-15,17-18,32H2,3H3,(H,34,40)(H,35,36)/t22-,26+,29-/m1/s1. The molecule has 2 aromatic heterocycles. The quantitative estimate of drug-likeness (QED) is 0.317. The van der Waals surface area contributed by atoms with Gasteiger partial charge in [0.2, 0.25) is 17.7 Å². The number of aromatic nitrogens is 3. The van der Waals surface area contributed by atoms with E-state index < -0.39 is 18.0 Å². The molecule has 4 N–H and O–H groups in total. The van der Waals surface area contributed by atoms with Crippen molar-refractivity contribution in [1.82, 2.24) is 30.1 Å². The van der Waals surface area contributed by atoms with Gasteiger partial charge in [-0.3, -0.25) is 19.4 Å². The average Bonchev–Trinajstić information content (AvgIpc) is 3.78. The highest BCUT2D eigenvalue weighted by atomic mass is 16.5. The SMILES string of the molecule is C=C(c1ccc(OC)cc1)[C@@H]1C[C@@H](C(=O)NCc2nc3ccncc3[nH]2)N(C(=O)[C@H](N)C(=C)CC(=O)N2CCCC2)C1. The van der Waals surface area contributed by atoms with E-state index in [1.165, 1.54) is 4.90 Å². The summed E-state index contributed by atoms with van der Waals surface area (Å²) in [5, 5.41) is 2.92. The van der Waals surface area contributed by atoms with Crippen LogP contribution >= 0.6 is 0 Å². The Labute approximate surface area is 244 Å². The van der Waals surface area contributed by atoms with Crippen molar-refractivity contribution < 1.29 is 19.1 Å². The van der Waals surface area contributed by atoms with Gasteiger partial charge in [0.1, 0.15) is 23.7 Å². The summed E-state index contributed by atoms with van der Waals surface area (Å²) in [7, 11) is 1.60. The number of nitrogens with zero attached hydrogens (tertiary/aromatic N) is 4. The third-order valence-electron chi connectivity index (χ3n) is 8.15. The van der Waals surface area contributed by atoms with E-state index in [2.05, 4.69) is 33.4 Å². The van der Waals surface area contributed by atoms with E-state index in [1.807, 2.05) is 24.3 Å². The Morgan fingerprint density at radius 1 is 1.17 bits per heavy atom. The number of likely N-dealkylation sites (tertiary alicyclic amines) is 2. The molecule has 0 radical (unpaired) electrons. The van der Waals surface area contributed by atoms with Gasteiger partial charge < -0.3 is 30.6 Å². The summed E-state index contributed by atoms with van der Waals surface area (Å²) in [5.41, 5.74) is 9.93. The number of hydrogen-bond acceptors (Lipinski definition) is 7. The minimum atomic E-state index is -1.11. The molecular weight excluding hydrogens is 534 g/mol. The monoisotopic (exact) mass is 571 g/mol. The second-order valence-electron chi connectivity index (χ2n) is 10.9. The molecule has 0 unspecified atom stereocenters. The number of pyridine rings is 1. The van der Waals surface area contributed by atoms with Gasteiger partial charge in [0.25, 0.3) is 0 Å². The van der Waals surface area contributed by atoms with Gasteiger partial charge in [-0.25, -0.2) is 4.98 Å². The molecule has 0 aliphatic carbocycles. The van der Waals surface area contributed by atoms with E-state index in [4.69, 9.17) is 10.5 Å². The molecule has 2 fully saturated rings. The highest BCUT2D eigenvalue weighted by Gasteiger charge is 2.42. The van der Waals surface area contributed by atoms with Gasteiger partial charge in [-0.05, 0) is 54.2 Å². The Hall–Kier alpha value is -4.51. The fourth-order valence-electron chi connectivity index (χ4n) is 5.64. The Morgan fingerprint density at radius 2 is 1.90 bits per heavy atom. The van der Waals surface area contributed by atoms with Crippen molar-refractivity contribution >= 4 is 34.3 Å². The van der Waals surface area contributed by atoms with Crippen LogP contribution in [0.5, 0.6) is 5.75 Å². The lowest BCUT2D eigenvalue weighted by atomic mass is 9.91. The molecule has 4 heterocycles. The maximum Gasteiger partial charge on any atom is 0.244 e. The number of rotatable bonds is 10. The van der Waals surface area contributed by atoms with Crippen molar-refractivity contribution in [3.63, 3.8) is 0 Å². The van der Waals surface area contributed by atoms with Gasteiger partial charge in [0.15, 0.2) is 0 Å². The molecule has 42 heavy (non-hydrogen) atoms. The third kappa shape index (κ3) is 6.20. The average molecular weight is 572 g/mol. The zero-order valence-electron chi connectivity index (χ0n) is 23.8. The van der Waals surface area contributed by atoms with Crippen molar-refractivity contribution in [2.75, 3.05) is 26.7 Å². The second-order valence-corrected chi connectivity index (χ2v) is 10.9. The Balaban J connectivity index is 1.31. The van der Waals surface area contributed by atoms with Crippen LogP contribution in [0.25, 0.3) is 16.6 Å². The maximum atomic E-state index is 13.7. The van der Waals surface area contributed by atoms with Crippen LogP contribution in [0.2, 0.25) is 0 Å². The number of nitrogens with two attached hydrogens (primary N) is 1. The molecule has 3 atom stereocenters. The topological polar surface area (TPSA) is 147 Å². The first-order valence-corrected chi connectivity index (χ1v) is 14.2. The van der Waals surface area contributed by atoms with Crippen LogP contribution in [0.4, 0.5) is 0 Å². The Bertz CT molecular complexity index is 1460. The fourth-order valence-corrected chi connectivity index (χ4v) is 5.64. The number of fused-ring (bicyclic) bond motifs is 1. The van der Waals surface area contributed by atoms with E-state index in [1.54, 1.807) is 30.5 Å². The number of nitrogens with one attached hydrogen (secondary N) is 2. The molecule has 0 bridgehead atoms. The van der Waals surface area contributed by atoms with Crippen molar-refractivity contribution in [3.05, 3.63) is 72.8 Å². The number of H-pyrrole nitrogens is 1. The number of benzene rings is 1. The summed E-state index contributed by atoms with van der Waals surface area (Å²) in [6.07, 6.45) is 5.64. The first kappa shape index (κ1) is 29.0. The molecule has 2 saturated heterocycles. The summed E-state index contributed by atoms with van der Waals surface area (Å²) >= 11 is 0. The first-order valence-electron chi connectivity index (χ1n) is 14.2. The fraction of sp³-hybridized carbons (Fsp3) is 0.387. The van der Waals surface area contributed by atoms with Crippen molar-refractivity contribution in [2.45, 2.75) is 44.3 Å². The van der Waals surface area contributed by atoms with E-state index >= 15 is 0 Å². The van der Waals surface area contributed by atoms with Crippen LogP contribution < -0.4 is 15.8 Å². The van der Waals surface area contributed by atoms with E-state index in [9.17, 15) is 14.4 Å². The molecule has 0 saturated carbocycles. The lowest BCUT2D eigenvalue weighted by molar-refractivity contribution is -0.139. The minimum absolute atomic E-state index is 0.000501. The molecule has 0 spiro atoms. The minimum Gasteiger partial charge on any atom is -0.497 e. The molecule has 2 aliphatic heterocycles. The number of carbonyl (C=O) groups excluding carboxylic acids is 3. The van der Waals surface area contributed by atoms with Gasteiger partial charge in [-0.2, -0.15) is 0 Å². The normalized spacial score (nSPS) is 19.1. The molecule has 1 aromatic carbocycles. The number of methoxy groups -OCH3 is 1. The van der Waals surface area contributed by atoms with E-state index in [0.29, 0.717) is 30.9 Å². The van der Waals surface area contributed by atoms with Crippen LogP contribution in [-0.2, 0) is 20.9 Å². The number of aromatic amines is 1. The molecule has 5 rings (SSSR count). The molecule has 3 amide bonds. The zero-order valence-corrected chi connectivity index (χ0v) is 23.8. The summed E-state index contributed by atoms with van der Waals surface area (Å²) in [6, 6.07) is 7.42. The summed E-state index contributed by atoms with van der Waals surface area (Å²) in [5.74, 6) is 0.283. The van der Waals surface area contributed by atoms with Crippen LogP contribution in [0.15, 0.2) is 61.5 Å². The lowest BCUT2D eigenvalue weighted by Gasteiger charge is -2.28. The molecule has 11 heteroatoms. The van der Waals surface area contributed by atoms with Crippen LogP contribution in [-0.4, -0.2) is 81.3 Å². The number of amides is 3. The number of carbonyl (C=O) groups is 3. The summed E-state index contributed by atoms with van der Waals surface area (Å²) in [6.45, 7) is 10.1. The highest BCUT2D eigenvalue weighted by molar-refractivity contribution is 5.93. The molecule has 3 aromatic rings. The van der Waals surface area contributed by atoms with Gasteiger partial charge in [-0.15, -0.1) is 0 Å². The van der Waals surface area contributed by atoms with Gasteiger partial charge >= 0.3 is 0 Å². The third-order valence-corrected chi connectivity index (χ3v) is 8.15. The van der Waals surface area contributed by atoms with E-state index in [-0.39, 0.29) is 37.2 Å². The largest absolute Gasteiger partial charge is 0.497 e. The second kappa shape index (κ2) is 12.6. The zero-order chi connectivity index (χ0) is 29.8. The van der Waals surface area contributed by atoms with Crippen molar-refractivity contribution in [1.29, 1.82) is 0 Å². The number of ether oxygens (including phenoxy) is 1. The lowest BCUT2D eigenvalue weighted by Crippen LogP contribution is -2.52. The highest BCUT2D eigenvalue weighted by Crippen LogP contribution is 2.35. The molecular formula is C31H37N7O4. The van der Waals surface area contributed by atoms with Crippen molar-refractivity contribution in [3.8, 4) is 5.75 Å². The molecule has 220 valence electrons. The maximum absolute atomic E-state index is 13.7. The first-order chi connectivity index (χ1) is 20.2. The Kier molecular flexibility index (Phi) is 8.67. The summed E-state index contributed by atoms with van der Waals surface area (Å²) in [4.78, 5) is 55.0. The van der Waals surface area contributed by atoms with E-state index in [0.717, 1.165) is 40.8 Å². The van der Waals surface area contributed by atoms with Crippen LogP contribution in [0.1, 0.15) is 37.1 Å². The van der Waals surface area contributed by atoms with Gasteiger partial charge in [-0.1, -0.05) is 25.3 Å².